The Bertz CT molecular complexity index is 2000. The molecule has 0 spiro atoms. The predicted octanol–water partition coefficient (Wildman–Crippen LogP) is 6.20. The molecule has 0 aliphatic carbocycles. The van der Waals surface area contributed by atoms with Crippen LogP contribution in [-0.4, -0.2) is 84.0 Å². The van der Waals surface area contributed by atoms with Crippen LogP contribution in [0.25, 0.3) is 33.3 Å². The largest absolute Gasteiger partial charge is 0.508 e. The lowest BCUT2D eigenvalue weighted by atomic mass is 9.84. The van der Waals surface area contributed by atoms with Gasteiger partial charge in [0.2, 0.25) is 5.91 Å². The molecule has 2 saturated heterocycles. The topological polar surface area (TPSA) is 144 Å². The third-order valence-corrected chi connectivity index (χ3v) is 11.3. The quantitative estimate of drug-likeness (QED) is 0.114. The number of methoxy groups -OCH3 is 1. The highest BCUT2D eigenvalue weighted by Crippen LogP contribution is 2.41. The van der Waals surface area contributed by atoms with Crippen LogP contribution < -0.4 is 10.7 Å². The van der Waals surface area contributed by atoms with Gasteiger partial charge in [-0.1, -0.05) is 32.9 Å². The second-order valence-corrected chi connectivity index (χ2v) is 16.0. The van der Waals surface area contributed by atoms with E-state index in [-0.39, 0.29) is 42.4 Å². The van der Waals surface area contributed by atoms with E-state index in [9.17, 15) is 19.5 Å². The van der Waals surface area contributed by atoms with Crippen LogP contribution in [0.15, 0.2) is 54.9 Å². The fraction of sp³-hybridized carbons (Fsp3) is 0.500. The molecule has 2 amide bonds. The maximum atomic E-state index is 14.0. The molecular formula is C44H57N5O7. The zero-order valence-corrected chi connectivity index (χ0v) is 33.4. The minimum absolute atomic E-state index is 0.0700. The van der Waals surface area contributed by atoms with Crippen LogP contribution >= 0.6 is 0 Å². The lowest BCUT2D eigenvalue weighted by Crippen LogP contribution is -2.56. The number of nitrogens with one attached hydrogen (secondary N) is 2. The molecule has 6 rings (SSSR count). The first-order chi connectivity index (χ1) is 27.0. The molecule has 300 valence electrons. The fourth-order valence-electron chi connectivity index (χ4n) is 8.32. The van der Waals surface area contributed by atoms with Gasteiger partial charge in [-0.25, -0.2) is 5.43 Å². The molecule has 2 aliphatic rings. The first kappa shape index (κ1) is 40.9. The van der Waals surface area contributed by atoms with Crippen molar-refractivity contribution < 1.29 is 33.7 Å². The van der Waals surface area contributed by atoms with E-state index in [1.165, 1.54) is 0 Å². The van der Waals surface area contributed by atoms with Gasteiger partial charge in [0.15, 0.2) is 0 Å². The molecule has 2 unspecified atom stereocenters. The Morgan fingerprint density at radius 3 is 2.64 bits per heavy atom. The summed E-state index contributed by atoms with van der Waals surface area (Å²) in [6.45, 7) is 12.6. The number of ether oxygens (including phenoxy) is 3. The normalized spacial score (nSPS) is 16.4. The van der Waals surface area contributed by atoms with Crippen LogP contribution in [0.5, 0.6) is 5.75 Å². The van der Waals surface area contributed by atoms with Crippen LogP contribution in [0.3, 0.4) is 0 Å². The molecule has 12 heteroatoms. The van der Waals surface area contributed by atoms with Crippen molar-refractivity contribution in [2.75, 3.05) is 40.0 Å². The van der Waals surface area contributed by atoms with E-state index in [1.54, 1.807) is 30.4 Å². The standard InChI is InChI=1S/C44H57N5O7/c1-6-48-40-10-9-32(23-36(40)37(24-44(3,4)27-56-28-50)41(48)38-25-45-15-11-33(38)26-54-5)34-19-30(20-35(51)22-34)21-39(43(53)49-16-8-7-14-46-49)47-42(52)29(2)31-12-17-55-18-13-31/h9-11,15,19-20,22-23,25,28-29,31,39,46,51H,6-8,12-14,16-18,21,24,26-27H2,1-5H3,(H,47,52). The summed E-state index contributed by atoms with van der Waals surface area (Å²) in [5.74, 6) is -0.343. The summed E-state index contributed by atoms with van der Waals surface area (Å²) in [6, 6.07) is 12.9. The Hall–Kier alpha value is -4.78. The predicted molar refractivity (Wildman–Crippen MR) is 215 cm³/mol. The highest BCUT2D eigenvalue weighted by atomic mass is 16.5. The van der Waals surface area contributed by atoms with E-state index in [2.05, 4.69) is 59.3 Å². The second-order valence-electron chi connectivity index (χ2n) is 16.0. The number of nitrogens with zero attached hydrogens (tertiary/aromatic N) is 3. The molecule has 0 bridgehead atoms. The zero-order chi connectivity index (χ0) is 39.8. The van der Waals surface area contributed by atoms with Gasteiger partial charge >= 0.3 is 0 Å². The molecule has 4 aromatic rings. The molecule has 3 N–H and O–H groups in total. The van der Waals surface area contributed by atoms with E-state index in [4.69, 9.17) is 14.2 Å². The van der Waals surface area contributed by atoms with E-state index < -0.39 is 11.5 Å². The van der Waals surface area contributed by atoms with Gasteiger partial charge < -0.3 is 29.2 Å². The average molecular weight is 768 g/mol. The Morgan fingerprint density at radius 2 is 1.93 bits per heavy atom. The molecular weight excluding hydrogens is 711 g/mol. The number of aryl methyl sites for hydroxylation is 1. The first-order valence-electron chi connectivity index (χ1n) is 19.9. The molecule has 2 aromatic heterocycles. The number of amides is 2. The number of fused-ring (bicyclic) bond motifs is 1. The number of pyridine rings is 1. The molecule has 0 saturated carbocycles. The summed E-state index contributed by atoms with van der Waals surface area (Å²) in [6.07, 6.45) is 7.96. The van der Waals surface area contributed by atoms with Crippen molar-refractivity contribution in [1.82, 2.24) is 25.3 Å². The van der Waals surface area contributed by atoms with Gasteiger partial charge in [-0.15, -0.1) is 0 Å². The Morgan fingerprint density at radius 1 is 1.12 bits per heavy atom. The van der Waals surface area contributed by atoms with Crippen molar-refractivity contribution in [1.29, 1.82) is 0 Å². The number of hydrogen-bond donors (Lipinski definition) is 3. The van der Waals surface area contributed by atoms with E-state index in [1.807, 2.05) is 25.3 Å². The van der Waals surface area contributed by atoms with Crippen molar-refractivity contribution in [3.8, 4) is 28.1 Å². The van der Waals surface area contributed by atoms with E-state index in [0.29, 0.717) is 52.3 Å². The van der Waals surface area contributed by atoms with Crippen LogP contribution in [0.4, 0.5) is 0 Å². The second kappa shape index (κ2) is 18.4. The number of carbonyl (C=O) groups excluding carboxylic acids is 3. The van der Waals surface area contributed by atoms with Crippen molar-refractivity contribution >= 4 is 29.2 Å². The lowest BCUT2D eigenvalue weighted by Gasteiger charge is -2.33. The summed E-state index contributed by atoms with van der Waals surface area (Å²) in [5, 5.41) is 16.9. The smallest absolute Gasteiger partial charge is 0.293 e. The highest BCUT2D eigenvalue weighted by Gasteiger charge is 2.33. The molecule has 2 aliphatic heterocycles. The van der Waals surface area contributed by atoms with Gasteiger partial charge in [0.1, 0.15) is 11.8 Å². The van der Waals surface area contributed by atoms with Gasteiger partial charge in [0.25, 0.3) is 12.4 Å². The first-order valence-corrected chi connectivity index (χ1v) is 19.9. The van der Waals surface area contributed by atoms with Crippen molar-refractivity contribution in [3.05, 3.63) is 71.5 Å². The maximum Gasteiger partial charge on any atom is 0.293 e. The van der Waals surface area contributed by atoms with Crippen molar-refractivity contribution in [2.24, 2.45) is 17.3 Å². The SMILES string of the molecule is CCn1c(-c2cnccc2COC)c(CC(C)(C)COC=O)c2cc(-c3cc(O)cc(CC(NC(=O)C(C)C4CCOCC4)C(=O)N4CCCCN4)c3)ccc21. The maximum absolute atomic E-state index is 14.0. The molecule has 2 fully saturated rings. The van der Waals surface area contributed by atoms with Crippen LogP contribution in [0.2, 0.25) is 0 Å². The lowest BCUT2D eigenvalue weighted by molar-refractivity contribution is -0.141. The van der Waals surface area contributed by atoms with Crippen LogP contribution in [-0.2, 0) is 54.6 Å². The third-order valence-electron chi connectivity index (χ3n) is 11.3. The number of rotatable bonds is 16. The van der Waals surface area contributed by atoms with Gasteiger partial charge in [-0.3, -0.25) is 24.4 Å². The minimum Gasteiger partial charge on any atom is -0.508 e. The van der Waals surface area contributed by atoms with Crippen molar-refractivity contribution in [2.45, 2.75) is 85.4 Å². The number of hydrazine groups is 1. The number of benzene rings is 2. The van der Waals surface area contributed by atoms with E-state index >= 15 is 0 Å². The van der Waals surface area contributed by atoms with Crippen LogP contribution in [0, 0.1) is 17.3 Å². The summed E-state index contributed by atoms with van der Waals surface area (Å²) in [4.78, 5) is 43.4. The number of aromatic nitrogens is 2. The van der Waals surface area contributed by atoms with E-state index in [0.717, 1.165) is 75.7 Å². The molecule has 4 heterocycles. The molecule has 2 aromatic carbocycles. The van der Waals surface area contributed by atoms with Gasteiger partial charge in [0, 0.05) is 86.6 Å². The Balaban J connectivity index is 1.40. The van der Waals surface area contributed by atoms with Gasteiger partial charge in [-0.2, -0.15) is 0 Å². The fourth-order valence-corrected chi connectivity index (χ4v) is 8.32. The summed E-state index contributed by atoms with van der Waals surface area (Å²) in [5.41, 5.74) is 10.4. The number of phenolic OH excluding ortho intramolecular Hbond substituents is 1. The highest BCUT2D eigenvalue weighted by molar-refractivity contribution is 5.95. The monoisotopic (exact) mass is 767 g/mol. The zero-order valence-electron chi connectivity index (χ0n) is 33.4. The molecule has 56 heavy (non-hydrogen) atoms. The van der Waals surface area contributed by atoms with Gasteiger partial charge in [-0.05, 0) is 103 Å². The van der Waals surface area contributed by atoms with Crippen molar-refractivity contribution in [3.63, 3.8) is 0 Å². The minimum atomic E-state index is -0.822. The molecule has 2 atom stereocenters. The number of hydrogen-bond acceptors (Lipinski definition) is 9. The van der Waals surface area contributed by atoms with Crippen LogP contribution in [0.1, 0.15) is 70.1 Å². The summed E-state index contributed by atoms with van der Waals surface area (Å²) >= 11 is 0. The number of aromatic hydroxyl groups is 1. The third kappa shape index (κ3) is 9.42. The summed E-state index contributed by atoms with van der Waals surface area (Å²) in [7, 11) is 1.68. The van der Waals surface area contributed by atoms with Gasteiger partial charge in [0.05, 0.1) is 18.9 Å². The number of phenols is 1. The molecule has 12 nitrogen and oxygen atoms in total. The Kier molecular flexibility index (Phi) is 13.5. The average Bonchev–Trinajstić information content (AvgIpc) is 3.51. The molecule has 0 radical (unpaired) electrons. The summed E-state index contributed by atoms with van der Waals surface area (Å²) < 4.78 is 18.7. The number of carbonyl (C=O) groups is 3. The Labute approximate surface area is 329 Å².